The van der Waals surface area contributed by atoms with Gasteiger partial charge in [-0.25, -0.2) is 13.8 Å². The van der Waals surface area contributed by atoms with Crippen LogP contribution in [0.1, 0.15) is 23.4 Å². The van der Waals surface area contributed by atoms with Crippen LogP contribution in [0.15, 0.2) is 10.5 Å². The first kappa shape index (κ1) is 11.5. The van der Waals surface area contributed by atoms with Crippen LogP contribution in [0.5, 0.6) is 0 Å². The van der Waals surface area contributed by atoms with Crippen molar-refractivity contribution >= 4 is 31.9 Å². The minimum absolute atomic E-state index is 0.224. The van der Waals surface area contributed by atoms with Crippen LogP contribution in [0.4, 0.5) is 8.78 Å². The summed E-state index contributed by atoms with van der Waals surface area (Å²) < 4.78 is 25.3. The maximum Gasteiger partial charge on any atom is 0.266 e. The maximum absolute atomic E-state index is 12.4. The Balaban J connectivity index is 3.33. The van der Waals surface area contributed by atoms with Crippen molar-refractivity contribution in [3.8, 4) is 6.07 Å². The molecule has 0 aromatic carbocycles. The van der Waals surface area contributed by atoms with Crippen molar-refractivity contribution in [2.75, 3.05) is 0 Å². The monoisotopic (exact) mass is 324 g/mol. The SMILES string of the molecule is N#Cc1nc(CBr)c(Br)cc1C(F)F. The fourth-order valence-corrected chi connectivity index (χ4v) is 2.17. The Bertz CT molecular complexity index is 388. The smallest absolute Gasteiger partial charge is 0.240 e. The van der Waals surface area contributed by atoms with Gasteiger partial charge in [0.1, 0.15) is 11.8 Å². The van der Waals surface area contributed by atoms with Crippen LogP contribution in [-0.2, 0) is 5.33 Å². The Morgan fingerprint density at radius 2 is 2.21 bits per heavy atom. The lowest BCUT2D eigenvalue weighted by atomic mass is 10.2. The summed E-state index contributed by atoms with van der Waals surface area (Å²) in [5, 5.41) is 9.01. The molecule has 1 aromatic heterocycles. The lowest BCUT2D eigenvalue weighted by Crippen LogP contribution is -1.98. The van der Waals surface area contributed by atoms with Gasteiger partial charge in [0.05, 0.1) is 11.3 Å². The standard InChI is InChI=1S/C8H4Br2F2N2/c9-2-6-5(10)1-4(8(11)12)7(3-13)14-6/h1,8H,2H2. The molecule has 0 fully saturated rings. The van der Waals surface area contributed by atoms with E-state index in [2.05, 4.69) is 36.8 Å². The third kappa shape index (κ3) is 2.28. The van der Waals surface area contributed by atoms with Gasteiger partial charge in [-0.2, -0.15) is 5.26 Å². The number of hydrogen-bond acceptors (Lipinski definition) is 2. The molecule has 0 saturated carbocycles. The van der Waals surface area contributed by atoms with E-state index < -0.39 is 6.43 Å². The molecule has 1 aromatic rings. The number of halogens is 4. The first-order valence-electron chi connectivity index (χ1n) is 3.53. The highest BCUT2D eigenvalue weighted by Crippen LogP contribution is 2.27. The normalized spacial score (nSPS) is 10.3. The van der Waals surface area contributed by atoms with E-state index >= 15 is 0 Å². The highest BCUT2D eigenvalue weighted by molar-refractivity contribution is 9.10. The number of hydrogen-bond donors (Lipinski definition) is 0. The first-order valence-corrected chi connectivity index (χ1v) is 5.45. The third-order valence-corrected chi connectivity index (χ3v) is 2.76. The second kappa shape index (κ2) is 4.80. The average molecular weight is 326 g/mol. The van der Waals surface area contributed by atoms with E-state index in [1.54, 1.807) is 6.07 Å². The van der Waals surface area contributed by atoms with Crippen LogP contribution in [0, 0.1) is 11.3 Å². The van der Waals surface area contributed by atoms with Crippen molar-refractivity contribution in [1.82, 2.24) is 4.98 Å². The summed E-state index contributed by atoms with van der Waals surface area (Å²) >= 11 is 6.25. The zero-order valence-corrected chi connectivity index (χ0v) is 9.94. The summed E-state index contributed by atoms with van der Waals surface area (Å²) in [6, 6.07) is 2.88. The van der Waals surface area contributed by atoms with Gasteiger partial charge < -0.3 is 0 Å². The van der Waals surface area contributed by atoms with E-state index in [1.165, 1.54) is 6.07 Å². The number of nitriles is 1. The Morgan fingerprint density at radius 3 is 2.64 bits per heavy atom. The molecule has 0 saturated heterocycles. The maximum atomic E-state index is 12.4. The fraction of sp³-hybridized carbons (Fsp3) is 0.250. The molecule has 0 bridgehead atoms. The highest BCUT2D eigenvalue weighted by Gasteiger charge is 2.16. The molecule has 0 N–H and O–H groups in total. The minimum atomic E-state index is -2.68. The van der Waals surface area contributed by atoms with Crippen LogP contribution in [0.25, 0.3) is 0 Å². The Labute approximate surface area is 96.2 Å². The van der Waals surface area contributed by atoms with Gasteiger partial charge in [0.25, 0.3) is 6.43 Å². The summed E-state index contributed by atoms with van der Waals surface area (Å²) in [6.45, 7) is 0. The van der Waals surface area contributed by atoms with E-state index in [4.69, 9.17) is 5.26 Å². The molecular formula is C8H4Br2F2N2. The van der Waals surface area contributed by atoms with Crippen LogP contribution in [0.3, 0.4) is 0 Å². The molecule has 0 aliphatic rings. The predicted octanol–water partition coefficient (Wildman–Crippen LogP) is 3.55. The van der Waals surface area contributed by atoms with Gasteiger partial charge in [0.15, 0.2) is 0 Å². The highest BCUT2D eigenvalue weighted by atomic mass is 79.9. The molecular weight excluding hydrogens is 322 g/mol. The number of alkyl halides is 3. The molecule has 6 heteroatoms. The fourth-order valence-electron chi connectivity index (χ4n) is 0.891. The molecule has 74 valence electrons. The summed E-state index contributed by atoms with van der Waals surface area (Å²) in [5.74, 6) is 0. The number of rotatable bonds is 2. The van der Waals surface area contributed by atoms with Gasteiger partial charge >= 0.3 is 0 Å². The van der Waals surface area contributed by atoms with Crippen molar-refractivity contribution in [3.05, 3.63) is 27.5 Å². The average Bonchev–Trinajstić information content (AvgIpc) is 2.17. The summed E-state index contributed by atoms with van der Waals surface area (Å²) in [5.41, 5.74) is -0.0346. The van der Waals surface area contributed by atoms with Gasteiger partial charge in [-0.05, 0) is 22.0 Å². The second-order valence-corrected chi connectivity index (χ2v) is 3.82. The topological polar surface area (TPSA) is 36.7 Å². The molecule has 0 spiro atoms. The summed E-state index contributed by atoms with van der Waals surface area (Å²) in [7, 11) is 0. The predicted molar refractivity (Wildman–Crippen MR) is 54.2 cm³/mol. The lowest BCUT2D eigenvalue weighted by Gasteiger charge is -2.05. The summed E-state index contributed by atoms with van der Waals surface area (Å²) in [4.78, 5) is 3.80. The number of pyridine rings is 1. The molecule has 0 aliphatic carbocycles. The van der Waals surface area contributed by atoms with Gasteiger partial charge in [-0.15, -0.1) is 0 Å². The van der Waals surface area contributed by atoms with E-state index in [0.717, 1.165) is 0 Å². The van der Waals surface area contributed by atoms with E-state index in [0.29, 0.717) is 15.5 Å². The van der Waals surface area contributed by atoms with Crippen molar-refractivity contribution in [2.45, 2.75) is 11.8 Å². The first-order chi connectivity index (χ1) is 6.60. The quantitative estimate of drug-likeness (QED) is 0.780. The van der Waals surface area contributed by atoms with Gasteiger partial charge in [-0.3, -0.25) is 0 Å². The molecule has 0 amide bonds. The Kier molecular flexibility index (Phi) is 3.96. The molecule has 1 heterocycles. The summed E-state index contributed by atoms with van der Waals surface area (Å²) in [6.07, 6.45) is -2.68. The zero-order valence-electron chi connectivity index (χ0n) is 6.77. The van der Waals surface area contributed by atoms with Crippen LogP contribution in [-0.4, -0.2) is 4.98 Å². The molecule has 0 radical (unpaired) electrons. The van der Waals surface area contributed by atoms with Gasteiger partial charge in [0, 0.05) is 9.80 Å². The molecule has 0 aliphatic heterocycles. The van der Waals surface area contributed by atoms with Crippen LogP contribution in [0.2, 0.25) is 0 Å². The largest absolute Gasteiger partial charge is 0.266 e. The molecule has 0 unspecified atom stereocenters. The van der Waals surface area contributed by atoms with Crippen molar-refractivity contribution in [1.29, 1.82) is 5.26 Å². The van der Waals surface area contributed by atoms with Crippen molar-refractivity contribution in [3.63, 3.8) is 0 Å². The lowest BCUT2D eigenvalue weighted by molar-refractivity contribution is 0.150. The van der Waals surface area contributed by atoms with Crippen LogP contribution < -0.4 is 0 Å². The van der Waals surface area contributed by atoms with Crippen molar-refractivity contribution < 1.29 is 8.78 Å². The number of aromatic nitrogens is 1. The third-order valence-electron chi connectivity index (χ3n) is 1.55. The van der Waals surface area contributed by atoms with E-state index in [9.17, 15) is 8.78 Å². The van der Waals surface area contributed by atoms with Crippen molar-refractivity contribution in [2.24, 2.45) is 0 Å². The molecule has 14 heavy (non-hydrogen) atoms. The molecule has 2 nitrogen and oxygen atoms in total. The Morgan fingerprint density at radius 1 is 1.57 bits per heavy atom. The molecule has 1 rings (SSSR count). The minimum Gasteiger partial charge on any atom is -0.240 e. The second-order valence-electron chi connectivity index (χ2n) is 2.40. The Hall–Kier alpha value is -0.540. The van der Waals surface area contributed by atoms with Gasteiger partial charge in [-0.1, -0.05) is 15.9 Å². The number of nitrogens with zero attached hydrogens (tertiary/aromatic N) is 2. The zero-order chi connectivity index (χ0) is 10.7. The van der Waals surface area contributed by atoms with E-state index in [-0.39, 0.29) is 11.3 Å². The van der Waals surface area contributed by atoms with E-state index in [1.807, 2.05) is 0 Å². The molecule has 0 atom stereocenters. The van der Waals surface area contributed by atoms with Gasteiger partial charge in [0.2, 0.25) is 0 Å². The van der Waals surface area contributed by atoms with Crippen LogP contribution >= 0.6 is 31.9 Å².